The fraction of sp³-hybridized carbons (Fsp3) is 0.538. The predicted octanol–water partition coefficient (Wildman–Crippen LogP) is 2.50. The molecule has 2 N–H and O–H groups in total. The Balaban J connectivity index is 2.22. The minimum atomic E-state index is 0.144. The Morgan fingerprint density at radius 1 is 1.38 bits per heavy atom. The zero-order chi connectivity index (χ0) is 11.5. The summed E-state index contributed by atoms with van der Waals surface area (Å²) < 4.78 is 10.8. The van der Waals surface area contributed by atoms with E-state index in [1.54, 1.807) is 7.11 Å². The van der Waals surface area contributed by atoms with Gasteiger partial charge in [-0.25, -0.2) is 0 Å². The van der Waals surface area contributed by atoms with Crippen LogP contribution in [0.25, 0.3) is 0 Å². The minimum absolute atomic E-state index is 0.144. The van der Waals surface area contributed by atoms with Gasteiger partial charge in [-0.3, -0.25) is 0 Å². The van der Waals surface area contributed by atoms with Crippen LogP contribution in [0.1, 0.15) is 31.4 Å². The Kier molecular flexibility index (Phi) is 3.34. The third-order valence-corrected chi connectivity index (χ3v) is 3.00. The van der Waals surface area contributed by atoms with E-state index in [2.05, 4.69) is 0 Å². The van der Waals surface area contributed by atoms with Crippen molar-refractivity contribution in [1.29, 1.82) is 0 Å². The molecule has 88 valence electrons. The lowest BCUT2D eigenvalue weighted by Gasteiger charge is -2.15. The van der Waals surface area contributed by atoms with Crippen LogP contribution >= 0.6 is 0 Å². The van der Waals surface area contributed by atoms with E-state index in [4.69, 9.17) is 15.2 Å². The first-order chi connectivity index (χ1) is 7.76. The highest BCUT2D eigenvalue weighted by Gasteiger charge is 2.29. The first-order valence-electron chi connectivity index (χ1n) is 5.82. The lowest BCUT2D eigenvalue weighted by Crippen LogP contribution is -2.12. The van der Waals surface area contributed by atoms with E-state index < -0.39 is 0 Å². The summed E-state index contributed by atoms with van der Waals surface area (Å²) in [5, 5.41) is 0. The molecule has 3 nitrogen and oxygen atoms in total. The maximum Gasteiger partial charge on any atom is 0.161 e. The van der Waals surface area contributed by atoms with E-state index >= 15 is 0 Å². The van der Waals surface area contributed by atoms with Crippen LogP contribution in [0, 0.1) is 5.92 Å². The summed E-state index contributed by atoms with van der Waals surface area (Å²) in [6, 6.07) is 6.11. The second kappa shape index (κ2) is 4.74. The molecular weight excluding hydrogens is 202 g/mol. The molecule has 1 aromatic rings. The van der Waals surface area contributed by atoms with Gasteiger partial charge in [0.2, 0.25) is 0 Å². The smallest absolute Gasteiger partial charge is 0.161 e. The van der Waals surface area contributed by atoms with E-state index in [1.165, 1.54) is 12.8 Å². The van der Waals surface area contributed by atoms with Gasteiger partial charge in [0.15, 0.2) is 11.5 Å². The molecule has 0 aliphatic heterocycles. The molecule has 0 bridgehead atoms. The van der Waals surface area contributed by atoms with E-state index in [0.29, 0.717) is 12.5 Å². The van der Waals surface area contributed by atoms with E-state index in [-0.39, 0.29) is 6.04 Å². The summed E-state index contributed by atoms with van der Waals surface area (Å²) >= 11 is 0. The standard InChI is InChI=1S/C13H19NO2/c1-3-16-12-8-10(6-7-11(12)15-2)13(14)9-4-5-9/h6-9,13H,3-5,14H2,1-2H3/t13-/m0/s1. The van der Waals surface area contributed by atoms with Crippen molar-refractivity contribution in [3.05, 3.63) is 23.8 Å². The van der Waals surface area contributed by atoms with Crippen molar-refractivity contribution in [1.82, 2.24) is 0 Å². The largest absolute Gasteiger partial charge is 0.493 e. The summed E-state index contributed by atoms with van der Waals surface area (Å²) in [5.41, 5.74) is 7.31. The Morgan fingerprint density at radius 3 is 2.69 bits per heavy atom. The van der Waals surface area contributed by atoms with Gasteiger partial charge < -0.3 is 15.2 Å². The monoisotopic (exact) mass is 221 g/mol. The molecule has 3 heteroatoms. The Morgan fingerprint density at radius 2 is 2.12 bits per heavy atom. The Hall–Kier alpha value is -1.22. The highest BCUT2D eigenvalue weighted by atomic mass is 16.5. The molecule has 2 rings (SSSR count). The van der Waals surface area contributed by atoms with Gasteiger partial charge in [-0.15, -0.1) is 0 Å². The van der Waals surface area contributed by atoms with Gasteiger partial charge in [0.05, 0.1) is 13.7 Å². The van der Waals surface area contributed by atoms with Crippen molar-refractivity contribution in [2.45, 2.75) is 25.8 Å². The molecule has 1 saturated carbocycles. The number of benzene rings is 1. The van der Waals surface area contributed by atoms with Crippen molar-refractivity contribution in [3.63, 3.8) is 0 Å². The zero-order valence-electron chi connectivity index (χ0n) is 9.90. The summed E-state index contributed by atoms with van der Waals surface area (Å²) in [7, 11) is 1.65. The molecule has 1 atom stereocenters. The summed E-state index contributed by atoms with van der Waals surface area (Å²) in [6.07, 6.45) is 2.49. The third kappa shape index (κ3) is 2.30. The highest BCUT2D eigenvalue weighted by molar-refractivity contribution is 5.44. The quantitative estimate of drug-likeness (QED) is 0.830. The van der Waals surface area contributed by atoms with Gasteiger partial charge in [0.25, 0.3) is 0 Å². The summed E-state index contributed by atoms with van der Waals surface area (Å²) in [6.45, 7) is 2.60. The average molecular weight is 221 g/mol. The number of hydrogen-bond acceptors (Lipinski definition) is 3. The molecule has 1 aliphatic rings. The lowest BCUT2D eigenvalue weighted by atomic mass is 10.0. The van der Waals surface area contributed by atoms with Crippen LogP contribution in [0.5, 0.6) is 11.5 Å². The zero-order valence-corrected chi connectivity index (χ0v) is 9.90. The highest BCUT2D eigenvalue weighted by Crippen LogP contribution is 2.41. The van der Waals surface area contributed by atoms with Crippen molar-refractivity contribution in [2.75, 3.05) is 13.7 Å². The molecule has 0 unspecified atom stereocenters. The molecule has 0 spiro atoms. The van der Waals surface area contributed by atoms with Crippen LogP contribution in [0.15, 0.2) is 18.2 Å². The SMILES string of the molecule is CCOc1cc([C@@H](N)C2CC2)ccc1OC. The van der Waals surface area contributed by atoms with Gasteiger partial charge in [-0.05, 0) is 43.4 Å². The molecule has 1 aliphatic carbocycles. The van der Waals surface area contributed by atoms with E-state index in [1.807, 2.05) is 25.1 Å². The normalized spacial score (nSPS) is 16.9. The summed E-state index contributed by atoms with van der Waals surface area (Å²) in [5.74, 6) is 2.22. The van der Waals surface area contributed by atoms with Crippen LogP contribution in [-0.4, -0.2) is 13.7 Å². The fourth-order valence-electron chi connectivity index (χ4n) is 1.90. The molecule has 16 heavy (non-hydrogen) atoms. The number of rotatable bonds is 5. The van der Waals surface area contributed by atoms with Crippen LogP contribution in [0.2, 0.25) is 0 Å². The third-order valence-electron chi connectivity index (χ3n) is 3.00. The van der Waals surface area contributed by atoms with Gasteiger partial charge in [0.1, 0.15) is 0 Å². The van der Waals surface area contributed by atoms with Crippen LogP contribution in [-0.2, 0) is 0 Å². The first-order valence-corrected chi connectivity index (χ1v) is 5.82. The van der Waals surface area contributed by atoms with Crippen molar-refractivity contribution < 1.29 is 9.47 Å². The van der Waals surface area contributed by atoms with Gasteiger partial charge in [0, 0.05) is 6.04 Å². The van der Waals surface area contributed by atoms with Crippen LogP contribution < -0.4 is 15.2 Å². The fourth-order valence-corrected chi connectivity index (χ4v) is 1.90. The molecule has 0 amide bonds. The Bertz CT molecular complexity index is 361. The lowest BCUT2D eigenvalue weighted by molar-refractivity contribution is 0.310. The maximum absolute atomic E-state index is 6.16. The predicted molar refractivity (Wildman–Crippen MR) is 63.8 cm³/mol. The maximum atomic E-state index is 6.16. The van der Waals surface area contributed by atoms with E-state index in [9.17, 15) is 0 Å². The van der Waals surface area contributed by atoms with Gasteiger partial charge in [-0.1, -0.05) is 6.07 Å². The number of nitrogens with two attached hydrogens (primary N) is 1. The molecule has 0 aromatic heterocycles. The molecule has 1 fully saturated rings. The molecular formula is C13H19NO2. The summed E-state index contributed by atoms with van der Waals surface area (Å²) in [4.78, 5) is 0. The molecule has 1 aromatic carbocycles. The molecule has 0 radical (unpaired) electrons. The minimum Gasteiger partial charge on any atom is -0.493 e. The Labute approximate surface area is 96.5 Å². The van der Waals surface area contributed by atoms with Crippen molar-refractivity contribution in [3.8, 4) is 11.5 Å². The molecule has 0 heterocycles. The average Bonchev–Trinajstić information content (AvgIpc) is 3.12. The van der Waals surface area contributed by atoms with Crippen molar-refractivity contribution >= 4 is 0 Å². The number of hydrogen-bond donors (Lipinski definition) is 1. The second-order valence-corrected chi connectivity index (χ2v) is 4.21. The second-order valence-electron chi connectivity index (χ2n) is 4.21. The number of ether oxygens (including phenoxy) is 2. The van der Waals surface area contributed by atoms with Crippen LogP contribution in [0.3, 0.4) is 0 Å². The topological polar surface area (TPSA) is 44.5 Å². The van der Waals surface area contributed by atoms with Crippen molar-refractivity contribution in [2.24, 2.45) is 11.7 Å². The van der Waals surface area contributed by atoms with Gasteiger partial charge >= 0.3 is 0 Å². The number of methoxy groups -OCH3 is 1. The van der Waals surface area contributed by atoms with Gasteiger partial charge in [-0.2, -0.15) is 0 Å². The molecule has 0 saturated heterocycles. The van der Waals surface area contributed by atoms with Crippen LogP contribution in [0.4, 0.5) is 0 Å². The first kappa shape index (κ1) is 11.3. The van der Waals surface area contributed by atoms with E-state index in [0.717, 1.165) is 17.1 Å².